The summed E-state index contributed by atoms with van der Waals surface area (Å²) in [5.41, 5.74) is 1.32. The average molecular weight is 281 g/mol. The van der Waals surface area contributed by atoms with E-state index < -0.39 is 5.97 Å². The molecule has 3 rings (SSSR count). The minimum absolute atomic E-state index is 0.268. The number of carboxylic acid groups (broad SMARTS) is 1. The van der Waals surface area contributed by atoms with Gasteiger partial charge in [0.25, 0.3) is 0 Å². The number of carbonyl (C=O) groups is 1. The summed E-state index contributed by atoms with van der Waals surface area (Å²) in [6.45, 7) is 0. The molecule has 3 nitrogen and oxygen atoms in total. The summed E-state index contributed by atoms with van der Waals surface area (Å²) in [7, 11) is 0. The molecule has 2 fully saturated rings. The number of aromatic carboxylic acids is 1. The zero-order valence-corrected chi connectivity index (χ0v) is 11.6. The molecular formula is C13H15NO2S2. The van der Waals surface area contributed by atoms with Gasteiger partial charge in [-0.2, -0.15) is 0 Å². The Morgan fingerprint density at radius 1 is 1.44 bits per heavy atom. The Kier molecular flexibility index (Phi) is 3.28. The Labute approximate surface area is 115 Å². The van der Waals surface area contributed by atoms with Gasteiger partial charge in [0, 0.05) is 29.3 Å². The van der Waals surface area contributed by atoms with Crippen LogP contribution >= 0.6 is 23.5 Å². The number of thioether (sulfide) groups is 2. The molecule has 0 bridgehead atoms. The van der Waals surface area contributed by atoms with Gasteiger partial charge in [0.05, 0.1) is 9.64 Å². The van der Waals surface area contributed by atoms with Crippen LogP contribution in [0.2, 0.25) is 0 Å². The second kappa shape index (κ2) is 4.78. The summed E-state index contributed by atoms with van der Waals surface area (Å²) in [5, 5.41) is 9.07. The second-order valence-electron chi connectivity index (χ2n) is 4.73. The Balaban J connectivity index is 1.94. The largest absolute Gasteiger partial charge is 0.478 e. The standard InChI is InChI=1S/C13H15NO2S2/c15-12(16)9-3-5-14-11(8-9)10-2-1-4-13(10)17-6-7-18-13/h3,5,8,10H,1-2,4,6-7H2,(H,15,16)/t10-/m0/s1. The van der Waals surface area contributed by atoms with E-state index in [0.717, 1.165) is 12.1 Å². The van der Waals surface area contributed by atoms with E-state index in [0.29, 0.717) is 11.5 Å². The molecule has 18 heavy (non-hydrogen) atoms. The first-order valence-electron chi connectivity index (χ1n) is 6.18. The molecule has 96 valence electrons. The molecule has 0 amide bonds. The third kappa shape index (κ3) is 2.03. The van der Waals surface area contributed by atoms with E-state index in [-0.39, 0.29) is 4.08 Å². The second-order valence-corrected chi connectivity index (χ2v) is 7.84. The number of carboxylic acids is 1. The van der Waals surface area contributed by atoms with Gasteiger partial charge in [0.2, 0.25) is 0 Å². The number of aromatic nitrogens is 1. The van der Waals surface area contributed by atoms with E-state index in [2.05, 4.69) is 4.98 Å². The van der Waals surface area contributed by atoms with Crippen LogP contribution in [0.4, 0.5) is 0 Å². The molecule has 1 atom stereocenters. The molecule has 1 aliphatic heterocycles. The molecule has 0 unspecified atom stereocenters. The topological polar surface area (TPSA) is 50.2 Å². The van der Waals surface area contributed by atoms with E-state index in [1.165, 1.54) is 24.3 Å². The van der Waals surface area contributed by atoms with Gasteiger partial charge in [0.1, 0.15) is 0 Å². The Bertz CT molecular complexity index is 466. The molecule has 1 saturated carbocycles. The first-order valence-corrected chi connectivity index (χ1v) is 8.15. The Morgan fingerprint density at radius 2 is 2.22 bits per heavy atom. The van der Waals surface area contributed by atoms with Crippen LogP contribution in [-0.2, 0) is 0 Å². The van der Waals surface area contributed by atoms with Crippen LogP contribution in [0.5, 0.6) is 0 Å². The van der Waals surface area contributed by atoms with Gasteiger partial charge < -0.3 is 5.11 Å². The van der Waals surface area contributed by atoms with E-state index in [4.69, 9.17) is 5.11 Å². The Morgan fingerprint density at radius 3 is 2.94 bits per heavy atom. The van der Waals surface area contributed by atoms with Gasteiger partial charge in [-0.15, -0.1) is 23.5 Å². The van der Waals surface area contributed by atoms with Gasteiger partial charge in [-0.05, 0) is 25.0 Å². The smallest absolute Gasteiger partial charge is 0.335 e. The lowest BCUT2D eigenvalue weighted by molar-refractivity contribution is 0.0696. The quantitative estimate of drug-likeness (QED) is 0.902. The molecule has 1 spiro atoms. The number of nitrogens with zero attached hydrogens (tertiary/aromatic N) is 1. The lowest BCUT2D eigenvalue weighted by atomic mass is 10.0. The highest BCUT2D eigenvalue weighted by molar-refractivity contribution is 8.21. The Hall–Kier alpha value is -0.680. The molecule has 5 heteroatoms. The van der Waals surface area contributed by atoms with Crippen molar-refractivity contribution in [1.82, 2.24) is 4.98 Å². The van der Waals surface area contributed by atoms with Gasteiger partial charge in [-0.25, -0.2) is 4.79 Å². The minimum atomic E-state index is -0.863. The number of pyridine rings is 1. The normalized spacial score (nSPS) is 25.7. The van der Waals surface area contributed by atoms with Crippen molar-refractivity contribution in [3.05, 3.63) is 29.6 Å². The average Bonchev–Trinajstić information content (AvgIpc) is 3.01. The van der Waals surface area contributed by atoms with E-state index >= 15 is 0 Å². The van der Waals surface area contributed by atoms with E-state index in [1.807, 2.05) is 23.5 Å². The molecule has 2 aliphatic rings. The van der Waals surface area contributed by atoms with Crippen LogP contribution in [0.15, 0.2) is 18.3 Å². The van der Waals surface area contributed by atoms with Crippen molar-refractivity contribution in [2.24, 2.45) is 0 Å². The van der Waals surface area contributed by atoms with Crippen molar-refractivity contribution in [1.29, 1.82) is 0 Å². The molecule has 0 radical (unpaired) electrons. The van der Waals surface area contributed by atoms with Gasteiger partial charge in [0.15, 0.2) is 0 Å². The van der Waals surface area contributed by atoms with Crippen LogP contribution in [0.25, 0.3) is 0 Å². The molecule has 0 aromatic carbocycles. The molecule has 1 saturated heterocycles. The molecule has 1 aromatic heterocycles. The van der Waals surface area contributed by atoms with Crippen LogP contribution in [-0.4, -0.2) is 31.6 Å². The maximum absolute atomic E-state index is 11.0. The summed E-state index contributed by atoms with van der Waals surface area (Å²) in [6.07, 6.45) is 5.22. The van der Waals surface area contributed by atoms with Crippen molar-refractivity contribution in [3.63, 3.8) is 0 Å². The maximum atomic E-state index is 11.0. The molecule has 2 heterocycles. The fraction of sp³-hybridized carbons (Fsp3) is 0.538. The first kappa shape index (κ1) is 12.4. The third-order valence-electron chi connectivity index (χ3n) is 3.71. The number of hydrogen-bond acceptors (Lipinski definition) is 4. The number of hydrogen-bond donors (Lipinski definition) is 1. The van der Waals surface area contributed by atoms with E-state index in [1.54, 1.807) is 18.3 Å². The van der Waals surface area contributed by atoms with E-state index in [9.17, 15) is 4.79 Å². The molecule has 1 aromatic rings. The van der Waals surface area contributed by atoms with Gasteiger partial charge >= 0.3 is 5.97 Å². The third-order valence-corrected chi connectivity index (χ3v) is 7.45. The van der Waals surface area contributed by atoms with Crippen LogP contribution in [0.3, 0.4) is 0 Å². The zero-order valence-electron chi connectivity index (χ0n) is 9.96. The molecular weight excluding hydrogens is 266 g/mol. The highest BCUT2D eigenvalue weighted by Gasteiger charge is 2.47. The molecule has 1 N–H and O–H groups in total. The van der Waals surface area contributed by atoms with Crippen molar-refractivity contribution < 1.29 is 9.90 Å². The highest BCUT2D eigenvalue weighted by Crippen LogP contribution is 2.60. The highest BCUT2D eigenvalue weighted by atomic mass is 32.2. The van der Waals surface area contributed by atoms with Crippen molar-refractivity contribution >= 4 is 29.5 Å². The SMILES string of the molecule is O=C(O)c1ccnc([C@@H]2CCCC23SCCS3)c1. The summed E-state index contributed by atoms with van der Waals surface area (Å²) in [4.78, 5) is 15.5. The van der Waals surface area contributed by atoms with Crippen LogP contribution in [0.1, 0.15) is 41.2 Å². The first-order chi connectivity index (χ1) is 8.71. The van der Waals surface area contributed by atoms with Crippen LogP contribution < -0.4 is 0 Å². The summed E-state index contributed by atoms with van der Waals surface area (Å²) in [6, 6.07) is 3.34. The van der Waals surface area contributed by atoms with Gasteiger partial charge in [-0.1, -0.05) is 6.42 Å². The zero-order chi connectivity index (χ0) is 12.6. The fourth-order valence-corrected chi connectivity index (χ4v) is 6.56. The monoisotopic (exact) mass is 281 g/mol. The summed E-state index contributed by atoms with van der Waals surface area (Å²) < 4.78 is 0.268. The van der Waals surface area contributed by atoms with Crippen molar-refractivity contribution in [2.75, 3.05) is 11.5 Å². The van der Waals surface area contributed by atoms with Crippen LogP contribution in [0, 0.1) is 0 Å². The maximum Gasteiger partial charge on any atom is 0.335 e. The van der Waals surface area contributed by atoms with Crippen molar-refractivity contribution in [3.8, 4) is 0 Å². The lowest BCUT2D eigenvalue weighted by Gasteiger charge is -2.29. The lowest BCUT2D eigenvalue weighted by Crippen LogP contribution is -2.22. The minimum Gasteiger partial charge on any atom is -0.478 e. The molecule has 1 aliphatic carbocycles. The summed E-state index contributed by atoms with van der Waals surface area (Å²) >= 11 is 4.09. The van der Waals surface area contributed by atoms with Gasteiger partial charge in [-0.3, -0.25) is 4.98 Å². The predicted octanol–water partition coefficient (Wildman–Crippen LogP) is 3.22. The predicted molar refractivity (Wildman–Crippen MR) is 75.4 cm³/mol. The van der Waals surface area contributed by atoms with Crippen molar-refractivity contribution in [2.45, 2.75) is 29.3 Å². The fourth-order valence-electron chi connectivity index (χ4n) is 2.91. The summed E-state index contributed by atoms with van der Waals surface area (Å²) in [5.74, 6) is 1.96. The number of rotatable bonds is 2.